The molecule has 0 aliphatic heterocycles. The summed E-state index contributed by atoms with van der Waals surface area (Å²) in [5.41, 5.74) is 4.09. The summed E-state index contributed by atoms with van der Waals surface area (Å²) in [6, 6.07) is 0. The molecule has 0 spiro atoms. The van der Waals surface area contributed by atoms with E-state index in [-0.39, 0.29) is 29.3 Å². The lowest BCUT2D eigenvalue weighted by Gasteiger charge is -2.56. The molecule has 32 heavy (non-hydrogen) atoms. The van der Waals surface area contributed by atoms with E-state index in [0.29, 0.717) is 30.6 Å². The van der Waals surface area contributed by atoms with Gasteiger partial charge in [0.25, 0.3) is 0 Å². The van der Waals surface area contributed by atoms with Crippen molar-refractivity contribution in [3.63, 3.8) is 0 Å². The minimum absolute atomic E-state index is 0.102. The standard InChI is InChI=1S/C28H44O4/c1-16(2)18(15-29)7-6-17(3)20-8-9-21-19-14-24(31)25-26(32)23(30)11-13-28(25,5)22(19)10-12-27(20,21)4/h6-7,9,16-18,20,23-26,29-32H,8,10-15H2,1-5H3/b7-6+/t17-,18-,20-,23+,24+,25+,26+,27-,28-/m1/s1. The lowest BCUT2D eigenvalue weighted by Crippen LogP contribution is -2.56. The van der Waals surface area contributed by atoms with E-state index in [9.17, 15) is 20.4 Å². The molecular formula is C28H44O4. The Hall–Kier alpha value is -0.940. The van der Waals surface area contributed by atoms with E-state index in [0.717, 1.165) is 25.7 Å². The maximum absolute atomic E-state index is 11.1. The first-order valence-corrected chi connectivity index (χ1v) is 12.8. The molecule has 0 saturated heterocycles. The number of aliphatic hydroxyl groups excluding tert-OH is 4. The second kappa shape index (κ2) is 8.69. The van der Waals surface area contributed by atoms with Crippen LogP contribution in [0.3, 0.4) is 0 Å². The van der Waals surface area contributed by atoms with Crippen LogP contribution in [0.4, 0.5) is 0 Å². The number of hydrogen-bond acceptors (Lipinski definition) is 4. The third kappa shape index (κ3) is 3.66. The molecular weight excluding hydrogens is 400 g/mol. The van der Waals surface area contributed by atoms with Crippen molar-refractivity contribution in [3.05, 3.63) is 34.9 Å². The van der Waals surface area contributed by atoms with Gasteiger partial charge in [0.05, 0.1) is 18.3 Å². The Morgan fingerprint density at radius 1 is 1.03 bits per heavy atom. The second-order valence-corrected chi connectivity index (χ2v) is 12.0. The topological polar surface area (TPSA) is 80.9 Å². The Morgan fingerprint density at radius 3 is 2.41 bits per heavy atom. The van der Waals surface area contributed by atoms with Crippen molar-refractivity contribution < 1.29 is 20.4 Å². The molecule has 0 bridgehead atoms. The fourth-order valence-corrected chi connectivity index (χ4v) is 7.77. The van der Waals surface area contributed by atoms with Gasteiger partial charge < -0.3 is 20.4 Å². The highest BCUT2D eigenvalue weighted by molar-refractivity contribution is 5.50. The number of fused-ring (bicyclic) bond motifs is 4. The van der Waals surface area contributed by atoms with E-state index in [1.165, 1.54) is 16.7 Å². The van der Waals surface area contributed by atoms with Crippen molar-refractivity contribution in [1.82, 2.24) is 0 Å². The highest BCUT2D eigenvalue weighted by Crippen LogP contribution is 2.64. The molecule has 4 N–H and O–H groups in total. The van der Waals surface area contributed by atoms with E-state index >= 15 is 0 Å². The first kappa shape index (κ1) is 24.2. The van der Waals surface area contributed by atoms with Crippen LogP contribution in [-0.2, 0) is 0 Å². The molecule has 4 heteroatoms. The summed E-state index contributed by atoms with van der Waals surface area (Å²) in [7, 11) is 0. The van der Waals surface area contributed by atoms with Crippen LogP contribution in [0.5, 0.6) is 0 Å². The van der Waals surface area contributed by atoms with Crippen LogP contribution >= 0.6 is 0 Å². The Balaban J connectivity index is 1.62. The first-order chi connectivity index (χ1) is 15.0. The molecule has 4 nitrogen and oxygen atoms in total. The van der Waals surface area contributed by atoms with Crippen molar-refractivity contribution in [2.24, 2.45) is 40.4 Å². The maximum atomic E-state index is 11.1. The maximum Gasteiger partial charge on any atom is 0.0860 e. The fraction of sp³-hybridized carbons (Fsp3) is 0.786. The first-order valence-electron chi connectivity index (χ1n) is 12.8. The summed E-state index contributed by atoms with van der Waals surface area (Å²) in [4.78, 5) is 0. The molecule has 1 saturated carbocycles. The molecule has 0 amide bonds. The van der Waals surface area contributed by atoms with Crippen LogP contribution in [0, 0.1) is 40.4 Å². The second-order valence-electron chi connectivity index (χ2n) is 12.0. The van der Waals surface area contributed by atoms with Crippen LogP contribution in [-0.4, -0.2) is 45.3 Å². The Bertz CT molecular complexity index is 810. The fourth-order valence-electron chi connectivity index (χ4n) is 7.77. The molecule has 4 aliphatic rings. The molecule has 0 aromatic carbocycles. The molecule has 4 aliphatic carbocycles. The zero-order valence-corrected chi connectivity index (χ0v) is 20.6. The number of aliphatic hydroxyl groups is 4. The Morgan fingerprint density at radius 2 is 1.75 bits per heavy atom. The molecule has 4 rings (SSSR count). The van der Waals surface area contributed by atoms with Gasteiger partial charge in [0.1, 0.15) is 0 Å². The molecule has 0 unspecified atom stereocenters. The number of hydrogen-bond donors (Lipinski definition) is 4. The highest BCUT2D eigenvalue weighted by atomic mass is 16.3. The molecule has 0 radical (unpaired) electrons. The highest BCUT2D eigenvalue weighted by Gasteiger charge is 2.57. The van der Waals surface area contributed by atoms with Crippen molar-refractivity contribution in [2.75, 3.05) is 6.61 Å². The van der Waals surface area contributed by atoms with Gasteiger partial charge in [0.15, 0.2) is 0 Å². The van der Waals surface area contributed by atoms with Crippen LogP contribution in [0.1, 0.15) is 73.1 Å². The quantitative estimate of drug-likeness (QED) is 0.474. The average Bonchev–Trinajstić information content (AvgIpc) is 3.08. The van der Waals surface area contributed by atoms with Crippen LogP contribution in [0.2, 0.25) is 0 Å². The van der Waals surface area contributed by atoms with E-state index in [4.69, 9.17) is 0 Å². The van der Waals surface area contributed by atoms with Gasteiger partial charge in [0, 0.05) is 18.4 Å². The number of allylic oxidation sites excluding steroid dienone is 4. The van der Waals surface area contributed by atoms with Gasteiger partial charge in [-0.25, -0.2) is 0 Å². The average molecular weight is 445 g/mol. The van der Waals surface area contributed by atoms with Crippen LogP contribution < -0.4 is 0 Å². The van der Waals surface area contributed by atoms with Gasteiger partial charge in [-0.3, -0.25) is 0 Å². The van der Waals surface area contributed by atoms with Gasteiger partial charge in [-0.15, -0.1) is 0 Å². The Kier molecular flexibility index (Phi) is 6.57. The van der Waals surface area contributed by atoms with Crippen molar-refractivity contribution in [3.8, 4) is 0 Å². The van der Waals surface area contributed by atoms with Gasteiger partial charge >= 0.3 is 0 Å². The normalized spacial score (nSPS) is 43.7. The predicted molar refractivity (Wildman–Crippen MR) is 128 cm³/mol. The summed E-state index contributed by atoms with van der Waals surface area (Å²) in [6.45, 7) is 11.5. The van der Waals surface area contributed by atoms with Gasteiger partial charge in [-0.05, 0) is 78.3 Å². The van der Waals surface area contributed by atoms with Crippen LogP contribution in [0.15, 0.2) is 34.9 Å². The SMILES string of the molecule is CC(C)[C@H](/C=C/[C@@H](C)[C@H]1CC=C2C3=C(CC[C@@]21C)[C@@]1(C)CC[C@H](O)[C@H](O)[C@@H]1[C@@H](O)C3)CO. The summed E-state index contributed by atoms with van der Waals surface area (Å²) < 4.78 is 0. The third-order valence-electron chi connectivity index (χ3n) is 9.93. The number of rotatable bonds is 5. The molecule has 0 aromatic rings. The molecule has 180 valence electrons. The molecule has 0 aromatic heterocycles. The van der Waals surface area contributed by atoms with Crippen molar-refractivity contribution in [2.45, 2.75) is 91.5 Å². The van der Waals surface area contributed by atoms with E-state index in [1.54, 1.807) is 0 Å². The largest absolute Gasteiger partial charge is 0.396 e. The minimum atomic E-state index is -0.845. The monoisotopic (exact) mass is 444 g/mol. The van der Waals surface area contributed by atoms with Gasteiger partial charge in [-0.2, -0.15) is 0 Å². The molecule has 0 heterocycles. The lowest BCUT2D eigenvalue weighted by molar-refractivity contribution is -0.133. The summed E-state index contributed by atoms with van der Waals surface area (Å²) >= 11 is 0. The van der Waals surface area contributed by atoms with Gasteiger partial charge in [0.2, 0.25) is 0 Å². The zero-order valence-electron chi connectivity index (χ0n) is 20.6. The van der Waals surface area contributed by atoms with E-state index < -0.39 is 18.3 Å². The summed E-state index contributed by atoms with van der Waals surface area (Å²) in [5, 5.41) is 41.8. The lowest BCUT2D eigenvalue weighted by atomic mass is 9.50. The van der Waals surface area contributed by atoms with Crippen molar-refractivity contribution >= 4 is 0 Å². The summed E-state index contributed by atoms with van der Waals surface area (Å²) in [6.07, 6.45) is 9.98. The smallest absolute Gasteiger partial charge is 0.0860 e. The minimum Gasteiger partial charge on any atom is -0.396 e. The van der Waals surface area contributed by atoms with E-state index in [2.05, 4.69) is 52.8 Å². The zero-order chi connectivity index (χ0) is 23.4. The predicted octanol–water partition coefficient (Wildman–Crippen LogP) is 4.39. The molecule has 9 atom stereocenters. The van der Waals surface area contributed by atoms with Crippen LogP contribution in [0.25, 0.3) is 0 Å². The Labute approximate surface area is 194 Å². The molecule has 1 fully saturated rings. The summed E-state index contributed by atoms with van der Waals surface area (Å²) in [5.74, 6) is 1.31. The van der Waals surface area contributed by atoms with Crippen molar-refractivity contribution in [1.29, 1.82) is 0 Å². The van der Waals surface area contributed by atoms with E-state index in [1.807, 2.05) is 0 Å². The van der Waals surface area contributed by atoms with Gasteiger partial charge in [-0.1, -0.05) is 58.4 Å². The third-order valence-corrected chi connectivity index (χ3v) is 9.93.